The molecule has 0 saturated heterocycles. The minimum Gasteiger partial charge on any atom is -0.313 e. The Balaban J connectivity index is 2.26. The van der Waals surface area contributed by atoms with Gasteiger partial charge >= 0.3 is 0 Å². The second kappa shape index (κ2) is 6.49. The predicted molar refractivity (Wildman–Crippen MR) is 67.2 cm³/mol. The van der Waals surface area contributed by atoms with Gasteiger partial charge in [-0.15, -0.1) is 0 Å². The lowest BCUT2D eigenvalue weighted by molar-refractivity contribution is 0.189. The topological polar surface area (TPSA) is 15.3 Å². The predicted octanol–water partition coefficient (Wildman–Crippen LogP) is 2.64. The summed E-state index contributed by atoms with van der Waals surface area (Å²) in [6, 6.07) is 2.21. The van der Waals surface area contributed by atoms with Crippen molar-refractivity contribution >= 4 is 0 Å². The van der Waals surface area contributed by atoms with Gasteiger partial charge in [0.05, 0.1) is 0 Å². The van der Waals surface area contributed by atoms with Crippen LogP contribution in [-0.2, 0) is 0 Å². The molecular formula is C13H28N2. The first-order valence-corrected chi connectivity index (χ1v) is 6.64. The van der Waals surface area contributed by atoms with Crippen LogP contribution in [0, 0.1) is 0 Å². The summed E-state index contributed by atoms with van der Waals surface area (Å²) in [7, 11) is 0. The van der Waals surface area contributed by atoms with E-state index in [4.69, 9.17) is 0 Å². The van der Waals surface area contributed by atoms with Crippen LogP contribution in [-0.4, -0.2) is 36.1 Å². The average molecular weight is 212 g/mol. The fourth-order valence-corrected chi connectivity index (χ4v) is 2.03. The Labute approximate surface area is 95.4 Å². The first kappa shape index (κ1) is 13.0. The van der Waals surface area contributed by atoms with Gasteiger partial charge in [0, 0.05) is 24.7 Å². The molecule has 0 aliphatic heterocycles. The summed E-state index contributed by atoms with van der Waals surface area (Å²) in [5, 5.41) is 3.54. The lowest BCUT2D eigenvalue weighted by Gasteiger charge is -2.30. The average Bonchev–Trinajstić information content (AvgIpc) is 2.99. The van der Waals surface area contributed by atoms with Crippen molar-refractivity contribution in [3.63, 3.8) is 0 Å². The van der Waals surface area contributed by atoms with E-state index >= 15 is 0 Å². The Kier molecular flexibility index (Phi) is 5.62. The highest BCUT2D eigenvalue weighted by atomic mass is 15.2. The molecule has 1 atom stereocenters. The molecule has 1 unspecified atom stereocenters. The quantitative estimate of drug-likeness (QED) is 0.665. The summed E-state index contributed by atoms with van der Waals surface area (Å²) in [6.07, 6.45) is 5.52. The molecule has 0 aromatic carbocycles. The van der Waals surface area contributed by atoms with Gasteiger partial charge in [0.1, 0.15) is 0 Å². The van der Waals surface area contributed by atoms with E-state index in [0.29, 0.717) is 12.1 Å². The minimum absolute atomic E-state index is 0.611. The molecule has 1 saturated carbocycles. The lowest BCUT2D eigenvalue weighted by atomic mass is 10.2. The van der Waals surface area contributed by atoms with E-state index in [1.807, 2.05) is 0 Å². The van der Waals surface area contributed by atoms with Crippen LogP contribution in [0.4, 0.5) is 0 Å². The third kappa shape index (κ3) is 4.98. The first-order chi connectivity index (χ1) is 7.15. The SMILES string of the molecule is CCCCN(C(C)CNC(C)C)C1CC1. The summed E-state index contributed by atoms with van der Waals surface area (Å²) in [6.45, 7) is 11.5. The van der Waals surface area contributed by atoms with Crippen LogP contribution >= 0.6 is 0 Å². The van der Waals surface area contributed by atoms with Crippen LogP contribution in [0.15, 0.2) is 0 Å². The van der Waals surface area contributed by atoms with E-state index in [2.05, 4.69) is 37.9 Å². The third-order valence-corrected chi connectivity index (χ3v) is 3.17. The Morgan fingerprint density at radius 1 is 1.27 bits per heavy atom. The maximum Gasteiger partial charge on any atom is 0.0195 e. The van der Waals surface area contributed by atoms with Gasteiger partial charge in [0.25, 0.3) is 0 Å². The zero-order valence-corrected chi connectivity index (χ0v) is 10.9. The maximum atomic E-state index is 3.54. The fourth-order valence-electron chi connectivity index (χ4n) is 2.03. The summed E-state index contributed by atoms with van der Waals surface area (Å²) < 4.78 is 0. The van der Waals surface area contributed by atoms with Crippen LogP contribution in [0.3, 0.4) is 0 Å². The normalized spacial score (nSPS) is 18.8. The number of nitrogens with one attached hydrogen (secondary N) is 1. The van der Waals surface area contributed by atoms with Crippen LogP contribution in [0.1, 0.15) is 53.4 Å². The van der Waals surface area contributed by atoms with E-state index in [9.17, 15) is 0 Å². The van der Waals surface area contributed by atoms with E-state index in [-0.39, 0.29) is 0 Å². The van der Waals surface area contributed by atoms with Crippen molar-refractivity contribution in [2.45, 2.75) is 71.5 Å². The van der Waals surface area contributed by atoms with Crippen molar-refractivity contribution < 1.29 is 0 Å². The molecule has 1 aliphatic rings. The molecule has 0 amide bonds. The molecule has 0 heterocycles. The van der Waals surface area contributed by atoms with Crippen molar-refractivity contribution in [1.82, 2.24) is 10.2 Å². The first-order valence-electron chi connectivity index (χ1n) is 6.64. The van der Waals surface area contributed by atoms with Crippen molar-refractivity contribution in [2.24, 2.45) is 0 Å². The maximum absolute atomic E-state index is 3.54. The largest absolute Gasteiger partial charge is 0.313 e. The van der Waals surface area contributed by atoms with Crippen molar-refractivity contribution in [3.8, 4) is 0 Å². The standard InChI is InChI=1S/C13H28N2/c1-5-6-9-15(13-7-8-13)12(4)10-14-11(2)3/h11-14H,5-10H2,1-4H3. The Hall–Kier alpha value is -0.0800. The molecule has 1 aliphatic carbocycles. The molecule has 0 aromatic heterocycles. The molecule has 1 rings (SSSR count). The Morgan fingerprint density at radius 3 is 2.40 bits per heavy atom. The van der Waals surface area contributed by atoms with Crippen LogP contribution in [0.5, 0.6) is 0 Å². The van der Waals surface area contributed by atoms with Gasteiger partial charge in [-0.05, 0) is 32.7 Å². The van der Waals surface area contributed by atoms with Gasteiger partial charge in [-0.2, -0.15) is 0 Å². The van der Waals surface area contributed by atoms with Crippen molar-refractivity contribution in [3.05, 3.63) is 0 Å². The van der Waals surface area contributed by atoms with Crippen LogP contribution in [0.25, 0.3) is 0 Å². The number of unbranched alkanes of at least 4 members (excludes halogenated alkanes) is 1. The second-order valence-corrected chi connectivity index (χ2v) is 5.23. The number of nitrogens with zero attached hydrogens (tertiary/aromatic N) is 1. The summed E-state index contributed by atoms with van der Waals surface area (Å²) in [5.41, 5.74) is 0. The summed E-state index contributed by atoms with van der Waals surface area (Å²) in [5.74, 6) is 0. The molecule has 0 radical (unpaired) electrons. The molecule has 0 aromatic rings. The zero-order chi connectivity index (χ0) is 11.3. The minimum atomic E-state index is 0.611. The highest BCUT2D eigenvalue weighted by Gasteiger charge is 2.31. The van der Waals surface area contributed by atoms with E-state index < -0.39 is 0 Å². The molecule has 0 bridgehead atoms. The second-order valence-electron chi connectivity index (χ2n) is 5.23. The number of rotatable bonds is 8. The highest BCUT2D eigenvalue weighted by molar-refractivity contribution is 4.88. The molecule has 1 fully saturated rings. The van der Waals surface area contributed by atoms with Crippen LogP contribution < -0.4 is 5.32 Å². The molecule has 2 nitrogen and oxygen atoms in total. The van der Waals surface area contributed by atoms with Gasteiger partial charge < -0.3 is 5.32 Å². The van der Waals surface area contributed by atoms with Crippen molar-refractivity contribution in [2.75, 3.05) is 13.1 Å². The van der Waals surface area contributed by atoms with Crippen LogP contribution in [0.2, 0.25) is 0 Å². The Bertz CT molecular complexity index is 164. The fraction of sp³-hybridized carbons (Fsp3) is 1.00. The molecule has 15 heavy (non-hydrogen) atoms. The van der Waals surface area contributed by atoms with Gasteiger partial charge in [-0.25, -0.2) is 0 Å². The van der Waals surface area contributed by atoms with Gasteiger partial charge in [-0.3, -0.25) is 4.90 Å². The lowest BCUT2D eigenvalue weighted by Crippen LogP contribution is -2.43. The van der Waals surface area contributed by atoms with E-state index in [1.54, 1.807) is 0 Å². The van der Waals surface area contributed by atoms with Gasteiger partial charge in [-0.1, -0.05) is 27.2 Å². The summed E-state index contributed by atoms with van der Waals surface area (Å²) >= 11 is 0. The Morgan fingerprint density at radius 2 is 1.93 bits per heavy atom. The monoisotopic (exact) mass is 212 g/mol. The number of hydrogen-bond acceptors (Lipinski definition) is 2. The number of hydrogen-bond donors (Lipinski definition) is 1. The van der Waals surface area contributed by atoms with E-state index in [1.165, 1.54) is 32.2 Å². The van der Waals surface area contributed by atoms with E-state index in [0.717, 1.165) is 12.6 Å². The molecular weight excluding hydrogens is 184 g/mol. The summed E-state index contributed by atoms with van der Waals surface area (Å²) in [4.78, 5) is 2.71. The van der Waals surface area contributed by atoms with Gasteiger partial charge in [0.2, 0.25) is 0 Å². The van der Waals surface area contributed by atoms with Crippen molar-refractivity contribution in [1.29, 1.82) is 0 Å². The third-order valence-electron chi connectivity index (χ3n) is 3.17. The zero-order valence-electron chi connectivity index (χ0n) is 10.9. The van der Waals surface area contributed by atoms with Gasteiger partial charge in [0.15, 0.2) is 0 Å². The molecule has 0 spiro atoms. The molecule has 1 N–H and O–H groups in total. The smallest absolute Gasteiger partial charge is 0.0195 e. The molecule has 90 valence electrons. The highest BCUT2D eigenvalue weighted by Crippen LogP contribution is 2.28. The molecule has 2 heteroatoms.